The van der Waals surface area contributed by atoms with Crippen molar-refractivity contribution in [1.29, 1.82) is 0 Å². The summed E-state index contributed by atoms with van der Waals surface area (Å²) in [6, 6.07) is 15.7. The van der Waals surface area contributed by atoms with Gasteiger partial charge in [0.05, 0.1) is 22.5 Å². The number of anilines is 2. The Hall–Kier alpha value is -4.32. The lowest BCUT2D eigenvalue weighted by Gasteiger charge is -2.34. The lowest BCUT2D eigenvalue weighted by Crippen LogP contribution is -2.44. The van der Waals surface area contributed by atoms with Crippen LogP contribution in [-0.4, -0.2) is 66.0 Å². The number of halogens is 1. The van der Waals surface area contributed by atoms with Crippen molar-refractivity contribution in [2.45, 2.75) is 13.3 Å². The monoisotopic (exact) mass is 553 g/mol. The lowest BCUT2D eigenvalue weighted by molar-refractivity contribution is 0.0964. The van der Waals surface area contributed by atoms with Crippen LogP contribution >= 0.6 is 11.6 Å². The summed E-state index contributed by atoms with van der Waals surface area (Å²) in [6.07, 6.45) is 2.39. The predicted molar refractivity (Wildman–Crippen MR) is 162 cm³/mol. The molecule has 1 saturated heterocycles. The number of hydrogen-bond donors (Lipinski definition) is 3. The molecule has 40 heavy (non-hydrogen) atoms. The molecule has 0 atom stereocenters. The number of nitrogens with zero attached hydrogens (tertiary/aromatic N) is 4. The highest BCUT2D eigenvalue weighted by Crippen LogP contribution is 2.33. The molecule has 1 fully saturated rings. The van der Waals surface area contributed by atoms with Gasteiger partial charge in [0.15, 0.2) is 0 Å². The summed E-state index contributed by atoms with van der Waals surface area (Å²) < 4.78 is 0. The number of H-pyrrole nitrogens is 1. The van der Waals surface area contributed by atoms with Crippen molar-refractivity contribution in [3.05, 3.63) is 82.0 Å². The number of carbonyl (C=O) groups is 1. The summed E-state index contributed by atoms with van der Waals surface area (Å²) in [5.74, 6) is 6.33. The van der Waals surface area contributed by atoms with E-state index in [0.29, 0.717) is 33.2 Å². The number of aromatic nitrogens is 3. The minimum absolute atomic E-state index is 0.117. The summed E-state index contributed by atoms with van der Waals surface area (Å²) in [7, 11) is 3.75. The molecule has 1 aliphatic heterocycles. The van der Waals surface area contributed by atoms with Gasteiger partial charge in [-0.1, -0.05) is 36.4 Å². The topological polar surface area (TPSA) is 103 Å². The summed E-state index contributed by atoms with van der Waals surface area (Å²) in [5.41, 5.74) is 12.8. The van der Waals surface area contributed by atoms with E-state index in [1.807, 2.05) is 30.3 Å². The van der Waals surface area contributed by atoms with Crippen molar-refractivity contribution in [2.24, 2.45) is 0 Å². The second kappa shape index (κ2) is 11.8. The highest BCUT2D eigenvalue weighted by atomic mass is 35.5. The van der Waals surface area contributed by atoms with Crippen LogP contribution in [0.2, 0.25) is 5.02 Å². The van der Waals surface area contributed by atoms with Gasteiger partial charge in [-0.15, -0.1) is 0 Å². The van der Waals surface area contributed by atoms with E-state index in [1.165, 1.54) is 5.69 Å². The number of hydrogen-bond acceptors (Lipinski definition) is 6. The molecule has 4 N–H and O–H groups in total. The number of nitrogen functional groups attached to an aromatic ring is 1. The van der Waals surface area contributed by atoms with Crippen LogP contribution in [0.3, 0.4) is 0 Å². The van der Waals surface area contributed by atoms with E-state index in [0.717, 1.165) is 49.3 Å². The van der Waals surface area contributed by atoms with Gasteiger partial charge in [0.25, 0.3) is 5.91 Å². The largest absolute Gasteiger partial charge is 0.369 e. The van der Waals surface area contributed by atoms with E-state index in [2.05, 4.69) is 68.0 Å². The molecule has 0 unspecified atom stereocenters. The summed E-state index contributed by atoms with van der Waals surface area (Å²) >= 11 is 6.34. The van der Waals surface area contributed by atoms with Crippen LogP contribution in [0.5, 0.6) is 0 Å². The Kier molecular flexibility index (Phi) is 8.06. The number of aromatic amines is 1. The van der Waals surface area contributed by atoms with Crippen molar-refractivity contribution in [3.8, 4) is 34.5 Å². The molecule has 0 saturated carbocycles. The van der Waals surface area contributed by atoms with E-state index in [-0.39, 0.29) is 11.9 Å². The lowest BCUT2D eigenvalue weighted by atomic mass is 10.00. The van der Waals surface area contributed by atoms with Crippen LogP contribution in [0.1, 0.15) is 34.0 Å². The summed E-state index contributed by atoms with van der Waals surface area (Å²) in [5, 5.41) is 3.31. The fraction of sp³-hybridized carbons (Fsp3) is 0.258. The number of amides is 1. The van der Waals surface area contributed by atoms with E-state index < -0.39 is 0 Å². The molecule has 8 nitrogen and oxygen atoms in total. The SMILES string of the molecule is CCc1ccc(Cl)cc1-c1[nH]c(-c2nc(N)ncc2C#Cc2ccc(N3CCN(C)CC3)cc2)cc1C(=O)NC. The molecule has 0 spiro atoms. The number of benzene rings is 2. The van der Waals surface area contributed by atoms with E-state index in [4.69, 9.17) is 17.3 Å². The number of rotatable bonds is 5. The maximum Gasteiger partial charge on any atom is 0.253 e. The first-order valence-electron chi connectivity index (χ1n) is 13.3. The molecular weight excluding hydrogens is 522 g/mol. The van der Waals surface area contributed by atoms with Gasteiger partial charge >= 0.3 is 0 Å². The van der Waals surface area contributed by atoms with E-state index in [1.54, 1.807) is 19.3 Å². The summed E-state index contributed by atoms with van der Waals surface area (Å²) in [6.45, 7) is 6.20. The fourth-order valence-electron chi connectivity index (χ4n) is 4.85. The predicted octanol–water partition coefficient (Wildman–Crippen LogP) is 4.45. The minimum Gasteiger partial charge on any atom is -0.369 e. The zero-order chi connectivity index (χ0) is 28.2. The van der Waals surface area contributed by atoms with Gasteiger partial charge in [-0.05, 0) is 61.5 Å². The van der Waals surface area contributed by atoms with Crippen molar-refractivity contribution in [1.82, 2.24) is 25.2 Å². The average molecular weight is 554 g/mol. The Morgan fingerprint density at radius 3 is 2.55 bits per heavy atom. The smallest absolute Gasteiger partial charge is 0.253 e. The maximum atomic E-state index is 12.9. The quantitative estimate of drug-likeness (QED) is 0.316. The van der Waals surface area contributed by atoms with Crippen LogP contribution in [0, 0.1) is 11.8 Å². The second-order valence-electron chi connectivity index (χ2n) is 9.78. The van der Waals surface area contributed by atoms with Crippen LogP contribution in [0.15, 0.2) is 54.7 Å². The molecule has 9 heteroatoms. The fourth-order valence-corrected chi connectivity index (χ4v) is 5.02. The van der Waals surface area contributed by atoms with Gasteiger partial charge in [-0.3, -0.25) is 4.79 Å². The Morgan fingerprint density at radius 2 is 1.85 bits per heavy atom. The molecule has 5 rings (SSSR count). The Morgan fingerprint density at radius 1 is 1.10 bits per heavy atom. The molecule has 1 aliphatic rings. The van der Waals surface area contributed by atoms with Crippen molar-refractivity contribution >= 4 is 29.1 Å². The first-order valence-corrected chi connectivity index (χ1v) is 13.7. The normalized spacial score (nSPS) is 13.6. The third kappa shape index (κ3) is 5.81. The highest BCUT2D eigenvalue weighted by Gasteiger charge is 2.21. The molecule has 204 valence electrons. The Labute approximate surface area is 239 Å². The van der Waals surface area contributed by atoms with Crippen LogP contribution in [-0.2, 0) is 6.42 Å². The van der Waals surface area contributed by atoms with Crippen LogP contribution in [0.25, 0.3) is 22.6 Å². The van der Waals surface area contributed by atoms with Gasteiger partial charge in [0.1, 0.15) is 5.69 Å². The molecule has 3 heterocycles. The molecule has 1 amide bonds. The first kappa shape index (κ1) is 27.3. The molecule has 2 aromatic heterocycles. The first-order chi connectivity index (χ1) is 19.4. The standard InChI is InChI=1S/C31H32ClN7O/c1-4-21-9-10-23(32)17-25(21)29-26(30(40)34-2)18-27(36-29)28-22(19-35-31(33)37-28)8-5-20-6-11-24(12-7-20)39-15-13-38(3)14-16-39/h6-7,9-12,17-19,36H,4,13-16H2,1-3H3,(H,34,40)(H2,33,35,37). The van der Waals surface area contributed by atoms with Crippen molar-refractivity contribution in [3.63, 3.8) is 0 Å². The number of aryl methyl sites for hydroxylation is 1. The molecule has 4 aromatic rings. The zero-order valence-corrected chi connectivity index (χ0v) is 23.6. The molecule has 2 aromatic carbocycles. The molecule has 0 radical (unpaired) electrons. The number of nitrogens with one attached hydrogen (secondary N) is 2. The van der Waals surface area contributed by atoms with Gasteiger partial charge in [-0.2, -0.15) is 0 Å². The van der Waals surface area contributed by atoms with Gasteiger partial charge in [0.2, 0.25) is 5.95 Å². The second-order valence-corrected chi connectivity index (χ2v) is 10.2. The van der Waals surface area contributed by atoms with Crippen molar-refractivity contribution in [2.75, 3.05) is 50.9 Å². The number of likely N-dealkylation sites (N-methyl/N-ethyl adjacent to an activating group) is 1. The number of piperazine rings is 1. The van der Waals surface area contributed by atoms with Crippen molar-refractivity contribution < 1.29 is 4.79 Å². The van der Waals surface area contributed by atoms with E-state index >= 15 is 0 Å². The van der Waals surface area contributed by atoms with E-state index in [9.17, 15) is 4.79 Å². The third-order valence-corrected chi connectivity index (χ3v) is 7.39. The minimum atomic E-state index is -0.227. The molecule has 0 bridgehead atoms. The third-order valence-electron chi connectivity index (χ3n) is 7.15. The van der Waals surface area contributed by atoms with Gasteiger partial charge in [-0.25, -0.2) is 9.97 Å². The van der Waals surface area contributed by atoms with Crippen LogP contribution < -0.4 is 16.0 Å². The number of nitrogens with two attached hydrogens (primary N) is 1. The Bertz CT molecular complexity index is 1590. The van der Waals surface area contributed by atoms with Crippen LogP contribution in [0.4, 0.5) is 11.6 Å². The summed E-state index contributed by atoms with van der Waals surface area (Å²) in [4.78, 5) is 29.7. The molecule has 0 aliphatic carbocycles. The number of carbonyl (C=O) groups excluding carboxylic acids is 1. The average Bonchev–Trinajstić information content (AvgIpc) is 3.42. The van der Waals surface area contributed by atoms with Gasteiger partial charge in [0, 0.05) is 61.3 Å². The highest BCUT2D eigenvalue weighted by molar-refractivity contribution is 6.31. The maximum absolute atomic E-state index is 12.9. The van der Waals surface area contributed by atoms with Gasteiger partial charge < -0.3 is 25.8 Å². The Balaban J connectivity index is 1.51. The zero-order valence-electron chi connectivity index (χ0n) is 22.9. The molecular formula is C31H32ClN7O.